The summed E-state index contributed by atoms with van der Waals surface area (Å²) in [5.74, 6) is -1.34. The first-order valence-electron chi connectivity index (χ1n) is 7.73. The highest BCUT2D eigenvalue weighted by atomic mass is 79.9. The van der Waals surface area contributed by atoms with Crippen molar-refractivity contribution in [3.05, 3.63) is 31.4 Å². The van der Waals surface area contributed by atoms with Crippen molar-refractivity contribution >= 4 is 66.0 Å². The second kappa shape index (κ2) is 7.89. The zero-order valence-corrected chi connectivity index (χ0v) is 17.4. The molecule has 3 amide bonds. The third-order valence-corrected chi connectivity index (χ3v) is 6.64. The molecule has 0 aromatic carbocycles. The van der Waals surface area contributed by atoms with Gasteiger partial charge in [-0.15, -0.1) is 11.3 Å². The van der Waals surface area contributed by atoms with Gasteiger partial charge in [0.1, 0.15) is 12.1 Å². The number of hydrogen-bond acceptors (Lipinski definition) is 5. The predicted molar refractivity (Wildman–Crippen MR) is 104 cm³/mol. The minimum Gasteiger partial charge on any atom is -0.369 e. The van der Waals surface area contributed by atoms with Crippen LogP contribution in [0.3, 0.4) is 0 Å². The molecular weight excluding hydrogens is 490 g/mol. The number of nitrogens with two attached hydrogens (primary N) is 1. The van der Waals surface area contributed by atoms with Gasteiger partial charge in [0, 0.05) is 17.3 Å². The van der Waals surface area contributed by atoms with Crippen LogP contribution in [0.5, 0.6) is 0 Å². The molecule has 26 heavy (non-hydrogen) atoms. The standard InChI is InChI=1S/C15H15Br2N5O3S/c16-7-4-9(20-13(7)17)14(25)19-6-1-2-8-10(3-6)26-15(21-8)22-12(24)5-11(18)23/h4,6,20H,1-3,5H2,(H2,18,23)(H,19,25)(H,21,22,24)/t6-/m0/s1. The fourth-order valence-electron chi connectivity index (χ4n) is 2.66. The number of nitrogens with zero attached hydrogens (tertiary/aromatic N) is 1. The number of hydrogen-bond donors (Lipinski definition) is 4. The molecule has 11 heteroatoms. The lowest BCUT2D eigenvalue weighted by Crippen LogP contribution is -2.38. The van der Waals surface area contributed by atoms with Crippen LogP contribution in [0.2, 0.25) is 0 Å². The number of thiazole rings is 1. The molecule has 0 fully saturated rings. The van der Waals surface area contributed by atoms with E-state index in [-0.39, 0.29) is 18.4 Å². The highest BCUT2D eigenvalue weighted by Gasteiger charge is 2.25. The van der Waals surface area contributed by atoms with Gasteiger partial charge in [-0.2, -0.15) is 0 Å². The Morgan fingerprint density at radius 1 is 1.38 bits per heavy atom. The molecule has 2 aromatic rings. The second-order valence-electron chi connectivity index (χ2n) is 5.84. The van der Waals surface area contributed by atoms with E-state index in [9.17, 15) is 14.4 Å². The first-order chi connectivity index (χ1) is 12.3. The molecule has 1 aliphatic carbocycles. The van der Waals surface area contributed by atoms with Gasteiger partial charge in [-0.25, -0.2) is 4.98 Å². The number of aromatic nitrogens is 2. The topological polar surface area (TPSA) is 130 Å². The number of aromatic amines is 1. The minimum atomic E-state index is -0.686. The Labute approximate surface area is 169 Å². The van der Waals surface area contributed by atoms with Crippen molar-refractivity contribution in [3.63, 3.8) is 0 Å². The molecule has 2 aromatic heterocycles. The molecule has 138 valence electrons. The van der Waals surface area contributed by atoms with Crippen LogP contribution in [-0.4, -0.2) is 33.7 Å². The smallest absolute Gasteiger partial charge is 0.267 e. The maximum atomic E-state index is 12.3. The Bertz CT molecular complexity index is 859. The summed E-state index contributed by atoms with van der Waals surface area (Å²) in [5, 5.41) is 6.05. The second-order valence-corrected chi connectivity index (χ2v) is 8.57. The molecule has 1 atom stereocenters. The predicted octanol–water partition coefficient (Wildman–Crippen LogP) is 2.10. The summed E-state index contributed by atoms with van der Waals surface area (Å²) in [7, 11) is 0. The Morgan fingerprint density at radius 3 is 2.81 bits per heavy atom. The lowest BCUT2D eigenvalue weighted by molar-refractivity contribution is -0.124. The number of anilines is 1. The Morgan fingerprint density at radius 2 is 2.15 bits per heavy atom. The van der Waals surface area contributed by atoms with E-state index in [4.69, 9.17) is 5.73 Å². The van der Waals surface area contributed by atoms with E-state index in [1.54, 1.807) is 6.07 Å². The molecule has 0 aliphatic heterocycles. The third kappa shape index (κ3) is 4.51. The van der Waals surface area contributed by atoms with Gasteiger partial charge in [0.05, 0.1) is 14.8 Å². The van der Waals surface area contributed by atoms with Crippen LogP contribution in [0, 0.1) is 0 Å². The van der Waals surface area contributed by atoms with E-state index in [1.165, 1.54) is 11.3 Å². The Balaban J connectivity index is 1.61. The van der Waals surface area contributed by atoms with E-state index in [2.05, 4.69) is 52.5 Å². The number of halogens is 2. The molecule has 0 unspecified atom stereocenters. The number of carbonyl (C=O) groups is 3. The first-order valence-corrected chi connectivity index (χ1v) is 10.1. The lowest BCUT2D eigenvalue weighted by atomic mass is 9.97. The SMILES string of the molecule is NC(=O)CC(=O)Nc1nc2c(s1)C[C@@H](NC(=O)c1cc(Br)c(Br)[nH]1)CC2. The van der Waals surface area contributed by atoms with Gasteiger partial charge in [0.15, 0.2) is 5.13 Å². The summed E-state index contributed by atoms with van der Waals surface area (Å²) in [6, 6.07) is 1.71. The maximum absolute atomic E-state index is 12.3. The highest BCUT2D eigenvalue weighted by molar-refractivity contribution is 9.13. The monoisotopic (exact) mass is 503 g/mol. The van der Waals surface area contributed by atoms with Crippen molar-refractivity contribution in [1.29, 1.82) is 0 Å². The number of rotatable bonds is 5. The summed E-state index contributed by atoms with van der Waals surface area (Å²) < 4.78 is 1.50. The number of fused-ring (bicyclic) bond motifs is 1. The highest BCUT2D eigenvalue weighted by Crippen LogP contribution is 2.30. The average Bonchev–Trinajstić information content (AvgIpc) is 3.09. The molecule has 2 heterocycles. The van der Waals surface area contributed by atoms with Crippen molar-refractivity contribution in [2.45, 2.75) is 31.7 Å². The van der Waals surface area contributed by atoms with Gasteiger partial charge in [-0.05, 0) is 50.8 Å². The van der Waals surface area contributed by atoms with Gasteiger partial charge < -0.3 is 21.4 Å². The summed E-state index contributed by atoms with van der Waals surface area (Å²) >= 11 is 8.01. The van der Waals surface area contributed by atoms with Gasteiger partial charge in [0.25, 0.3) is 5.91 Å². The van der Waals surface area contributed by atoms with Crippen molar-refractivity contribution in [3.8, 4) is 0 Å². The van der Waals surface area contributed by atoms with E-state index in [0.29, 0.717) is 28.3 Å². The molecule has 1 aliphatic rings. The van der Waals surface area contributed by atoms with E-state index in [0.717, 1.165) is 21.5 Å². The minimum absolute atomic E-state index is 0.00882. The maximum Gasteiger partial charge on any atom is 0.267 e. The van der Waals surface area contributed by atoms with Crippen molar-refractivity contribution in [1.82, 2.24) is 15.3 Å². The largest absolute Gasteiger partial charge is 0.369 e. The van der Waals surface area contributed by atoms with Crippen LogP contribution in [-0.2, 0) is 22.4 Å². The number of carbonyl (C=O) groups excluding carboxylic acids is 3. The van der Waals surface area contributed by atoms with Crippen LogP contribution in [0.1, 0.15) is 33.9 Å². The molecule has 0 radical (unpaired) electrons. The van der Waals surface area contributed by atoms with Crippen LogP contribution >= 0.6 is 43.2 Å². The summed E-state index contributed by atoms with van der Waals surface area (Å²) in [4.78, 5) is 43.1. The van der Waals surface area contributed by atoms with E-state index >= 15 is 0 Å². The Hall–Kier alpha value is -1.72. The zero-order chi connectivity index (χ0) is 18.8. The summed E-state index contributed by atoms with van der Waals surface area (Å²) in [6.45, 7) is 0. The molecule has 0 saturated heterocycles. The molecule has 0 spiro atoms. The van der Waals surface area contributed by atoms with Gasteiger partial charge in [-0.3, -0.25) is 14.4 Å². The zero-order valence-electron chi connectivity index (χ0n) is 13.4. The number of H-pyrrole nitrogens is 1. The quantitative estimate of drug-likeness (QED) is 0.464. The normalized spacial score (nSPS) is 16.0. The molecule has 8 nitrogen and oxygen atoms in total. The van der Waals surface area contributed by atoms with E-state index in [1.807, 2.05) is 0 Å². The molecule has 0 saturated carbocycles. The fourth-order valence-corrected chi connectivity index (χ4v) is 4.42. The summed E-state index contributed by atoms with van der Waals surface area (Å²) in [6.07, 6.45) is 1.75. The number of aryl methyl sites for hydroxylation is 1. The van der Waals surface area contributed by atoms with Crippen LogP contribution < -0.4 is 16.4 Å². The van der Waals surface area contributed by atoms with Crippen LogP contribution in [0.15, 0.2) is 15.1 Å². The fraction of sp³-hybridized carbons (Fsp3) is 0.333. The average molecular weight is 505 g/mol. The third-order valence-electron chi connectivity index (χ3n) is 3.83. The van der Waals surface area contributed by atoms with Crippen LogP contribution in [0.25, 0.3) is 0 Å². The summed E-state index contributed by atoms with van der Waals surface area (Å²) in [5.41, 5.74) is 6.39. The first kappa shape index (κ1) is 19.1. The number of amides is 3. The van der Waals surface area contributed by atoms with Crippen molar-refractivity contribution in [2.24, 2.45) is 5.73 Å². The van der Waals surface area contributed by atoms with E-state index < -0.39 is 11.8 Å². The number of nitrogens with one attached hydrogen (secondary N) is 3. The Kier molecular flexibility index (Phi) is 5.78. The molecule has 3 rings (SSSR count). The van der Waals surface area contributed by atoms with Crippen LogP contribution in [0.4, 0.5) is 5.13 Å². The van der Waals surface area contributed by atoms with Crippen molar-refractivity contribution in [2.75, 3.05) is 5.32 Å². The van der Waals surface area contributed by atoms with Gasteiger partial charge in [-0.1, -0.05) is 0 Å². The number of primary amides is 1. The molecule has 0 bridgehead atoms. The molecule has 5 N–H and O–H groups in total. The van der Waals surface area contributed by atoms with Gasteiger partial charge in [0.2, 0.25) is 11.8 Å². The lowest BCUT2D eigenvalue weighted by Gasteiger charge is -2.22. The molecular formula is C15H15Br2N5O3S. The van der Waals surface area contributed by atoms with Gasteiger partial charge >= 0.3 is 0 Å². The van der Waals surface area contributed by atoms with Crippen molar-refractivity contribution < 1.29 is 14.4 Å².